The van der Waals surface area contributed by atoms with E-state index in [9.17, 15) is 0 Å². The molecule has 1 aliphatic heterocycles. The van der Waals surface area contributed by atoms with Crippen LogP contribution in [0.2, 0.25) is 0 Å². The number of para-hydroxylation sites is 2. The second-order valence-electron chi connectivity index (χ2n) is 6.02. The van der Waals surface area contributed by atoms with E-state index in [2.05, 4.69) is 34.8 Å². The molecule has 1 atom stereocenters. The fraction of sp³-hybridized carbons (Fsp3) is 0.562. The van der Waals surface area contributed by atoms with Gasteiger partial charge in [0.05, 0.1) is 23.7 Å². The molecule has 4 nitrogen and oxygen atoms in total. The van der Waals surface area contributed by atoms with Crippen LogP contribution in [0.1, 0.15) is 13.8 Å². The van der Waals surface area contributed by atoms with Gasteiger partial charge in [-0.3, -0.25) is 4.90 Å². The quantitative estimate of drug-likeness (QED) is 0.862. The Kier molecular flexibility index (Phi) is 4.83. The number of aromatic nitrogens is 2. The van der Waals surface area contributed by atoms with Gasteiger partial charge in [0.15, 0.2) is 5.16 Å². The van der Waals surface area contributed by atoms with E-state index < -0.39 is 0 Å². The molecule has 3 rings (SSSR count). The summed E-state index contributed by atoms with van der Waals surface area (Å²) in [6, 6.07) is 8.15. The van der Waals surface area contributed by atoms with Crippen LogP contribution in [0, 0.1) is 5.92 Å². The van der Waals surface area contributed by atoms with Crippen molar-refractivity contribution in [3.8, 4) is 0 Å². The van der Waals surface area contributed by atoms with Crippen molar-refractivity contribution in [2.24, 2.45) is 5.92 Å². The summed E-state index contributed by atoms with van der Waals surface area (Å²) in [6.07, 6.45) is 0.302. The molecule has 2 aromatic rings. The Hall–Kier alpha value is -1.04. The molecule has 5 heteroatoms. The Morgan fingerprint density at radius 3 is 3.10 bits per heavy atom. The summed E-state index contributed by atoms with van der Waals surface area (Å²) >= 11 is 1.76. The van der Waals surface area contributed by atoms with Gasteiger partial charge in [0, 0.05) is 25.4 Å². The first-order valence-electron chi connectivity index (χ1n) is 7.62. The third-order valence-electron chi connectivity index (χ3n) is 3.62. The predicted molar refractivity (Wildman–Crippen MR) is 87.8 cm³/mol. The van der Waals surface area contributed by atoms with E-state index in [1.54, 1.807) is 11.8 Å². The van der Waals surface area contributed by atoms with E-state index in [1.165, 1.54) is 0 Å². The van der Waals surface area contributed by atoms with Gasteiger partial charge in [0.2, 0.25) is 0 Å². The molecule has 1 aliphatic rings. The lowest BCUT2D eigenvalue weighted by molar-refractivity contribution is -0.0191. The van der Waals surface area contributed by atoms with Crippen LogP contribution in [0.5, 0.6) is 0 Å². The number of rotatable bonds is 5. The van der Waals surface area contributed by atoms with Gasteiger partial charge >= 0.3 is 0 Å². The first kappa shape index (κ1) is 14.9. The van der Waals surface area contributed by atoms with Gasteiger partial charge in [-0.25, -0.2) is 4.98 Å². The van der Waals surface area contributed by atoms with Crippen molar-refractivity contribution in [1.82, 2.24) is 14.9 Å². The maximum absolute atomic E-state index is 5.88. The fourth-order valence-corrected chi connectivity index (χ4v) is 3.62. The van der Waals surface area contributed by atoms with Gasteiger partial charge in [0.1, 0.15) is 0 Å². The average Bonchev–Trinajstić information content (AvgIpc) is 2.87. The number of fused-ring (bicyclic) bond motifs is 1. The van der Waals surface area contributed by atoms with Crippen molar-refractivity contribution in [3.63, 3.8) is 0 Å². The van der Waals surface area contributed by atoms with Gasteiger partial charge in [-0.15, -0.1) is 0 Å². The second kappa shape index (κ2) is 6.81. The summed E-state index contributed by atoms with van der Waals surface area (Å²) < 4.78 is 5.88. The molecule has 0 bridgehead atoms. The molecule has 0 spiro atoms. The van der Waals surface area contributed by atoms with Gasteiger partial charge in [-0.2, -0.15) is 0 Å². The summed E-state index contributed by atoms with van der Waals surface area (Å²) in [5.41, 5.74) is 2.14. The summed E-state index contributed by atoms with van der Waals surface area (Å²) in [5.74, 6) is 1.67. The molecule has 1 unspecified atom stereocenters. The number of morpholine rings is 1. The number of benzene rings is 1. The summed E-state index contributed by atoms with van der Waals surface area (Å²) in [7, 11) is 0. The number of thioether (sulfide) groups is 1. The molecule has 1 saturated heterocycles. The molecule has 0 radical (unpaired) electrons. The topological polar surface area (TPSA) is 41.1 Å². The molecule has 0 saturated carbocycles. The minimum atomic E-state index is 0.302. The van der Waals surface area contributed by atoms with Gasteiger partial charge < -0.3 is 9.72 Å². The Balaban J connectivity index is 1.54. The van der Waals surface area contributed by atoms with Crippen LogP contribution in [0.4, 0.5) is 0 Å². The van der Waals surface area contributed by atoms with Gasteiger partial charge in [-0.1, -0.05) is 37.7 Å². The van der Waals surface area contributed by atoms with Crippen LogP contribution in [-0.4, -0.2) is 53.0 Å². The number of nitrogens with one attached hydrogen (secondary N) is 1. The van der Waals surface area contributed by atoms with Crippen LogP contribution < -0.4 is 0 Å². The molecule has 0 amide bonds. The maximum atomic E-state index is 5.88. The van der Waals surface area contributed by atoms with Crippen LogP contribution >= 0.6 is 11.8 Å². The molecular formula is C16H23N3OS. The van der Waals surface area contributed by atoms with E-state index in [0.29, 0.717) is 12.0 Å². The number of imidazole rings is 1. The molecular weight excluding hydrogens is 282 g/mol. The zero-order valence-electron chi connectivity index (χ0n) is 12.7. The van der Waals surface area contributed by atoms with E-state index in [0.717, 1.165) is 48.2 Å². The highest BCUT2D eigenvalue weighted by atomic mass is 32.2. The fourth-order valence-electron chi connectivity index (χ4n) is 2.73. The maximum Gasteiger partial charge on any atom is 0.166 e. The van der Waals surface area contributed by atoms with Crippen molar-refractivity contribution in [3.05, 3.63) is 24.3 Å². The zero-order chi connectivity index (χ0) is 14.7. The molecule has 1 fully saturated rings. The number of aromatic amines is 1. The Morgan fingerprint density at radius 1 is 1.43 bits per heavy atom. The largest absolute Gasteiger partial charge is 0.375 e. The van der Waals surface area contributed by atoms with Crippen molar-refractivity contribution in [2.45, 2.75) is 25.1 Å². The summed E-state index contributed by atoms with van der Waals surface area (Å²) in [5, 5.41) is 0.987. The zero-order valence-corrected chi connectivity index (χ0v) is 13.5. The predicted octanol–water partition coefficient (Wildman–Crippen LogP) is 3.01. The average molecular weight is 305 g/mol. The highest BCUT2D eigenvalue weighted by Crippen LogP contribution is 2.21. The highest BCUT2D eigenvalue weighted by molar-refractivity contribution is 7.99. The van der Waals surface area contributed by atoms with Crippen LogP contribution in [0.25, 0.3) is 11.0 Å². The monoisotopic (exact) mass is 305 g/mol. The molecule has 1 aromatic heterocycles. The molecule has 1 N–H and O–H groups in total. The lowest BCUT2D eigenvalue weighted by atomic mass is 10.2. The molecule has 21 heavy (non-hydrogen) atoms. The third kappa shape index (κ3) is 3.99. The first-order valence-corrected chi connectivity index (χ1v) is 8.61. The summed E-state index contributed by atoms with van der Waals surface area (Å²) in [6.45, 7) is 8.64. The van der Waals surface area contributed by atoms with E-state index in [1.807, 2.05) is 18.2 Å². The minimum Gasteiger partial charge on any atom is -0.375 e. The lowest BCUT2D eigenvalue weighted by Crippen LogP contribution is -2.44. The van der Waals surface area contributed by atoms with E-state index in [-0.39, 0.29) is 0 Å². The molecule has 2 heterocycles. The first-order chi connectivity index (χ1) is 10.2. The van der Waals surface area contributed by atoms with Crippen molar-refractivity contribution in [2.75, 3.05) is 32.0 Å². The van der Waals surface area contributed by atoms with Crippen molar-refractivity contribution >= 4 is 22.8 Å². The normalized spacial score (nSPS) is 20.4. The summed E-state index contributed by atoms with van der Waals surface area (Å²) in [4.78, 5) is 10.5. The Morgan fingerprint density at radius 2 is 2.29 bits per heavy atom. The van der Waals surface area contributed by atoms with Crippen molar-refractivity contribution in [1.29, 1.82) is 0 Å². The van der Waals surface area contributed by atoms with Gasteiger partial charge in [-0.05, 0) is 18.1 Å². The number of ether oxygens (including phenoxy) is 1. The number of hydrogen-bond acceptors (Lipinski definition) is 4. The third-order valence-corrected chi connectivity index (χ3v) is 4.63. The van der Waals surface area contributed by atoms with Gasteiger partial charge in [0.25, 0.3) is 0 Å². The lowest BCUT2D eigenvalue weighted by Gasteiger charge is -2.33. The van der Waals surface area contributed by atoms with Crippen LogP contribution in [-0.2, 0) is 4.74 Å². The van der Waals surface area contributed by atoms with E-state index >= 15 is 0 Å². The number of nitrogens with zero attached hydrogens (tertiary/aromatic N) is 2. The molecule has 114 valence electrons. The molecule has 1 aromatic carbocycles. The number of H-pyrrole nitrogens is 1. The SMILES string of the molecule is CC(C)CN1CCOC(CSc2nc3ccccc3[nH]2)C1. The molecule has 0 aliphatic carbocycles. The minimum absolute atomic E-state index is 0.302. The van der Waals surface area contributed by atoms with E-state index in [4.69, 9.17) is 4.74 Å². The van der Waals surface area contributed by atoms with Crippen LogP contribution in [0.3, 0.4) is 0 Å². The Bertz CT molecular complexity index is 551. The standard InChI is InChI=1S/C16H23N3OS/c1-12(2)9-19-7-8-20-13(10-19)11-21-16-17-14-5-3-4-6-15(14)18-16/h3-6,12-13H,7-11H2,1-2H3,(H,17,18). The second-order valence-corrected chi connectivity index (χ2v) is 7.03. The Labute approximate surface area is 130 Å². The van der Waals surface area contributed by atoms with Crippen LogP contribution in [0.15, 0.2) is 29.4 Å². The van der Waals surface area contributed by atoms with Crippen molar-refractivity contribution < 1.29 is 4.74 Å². The number of hydrogen-bond donors (Lipinski definition) is 1. The highest BCUT2D eigenvalue weighted by Gasteiger charge is 2.21. The smallest absolute Gasteiger partial charge is 0.166 e.